The third-order valence-corrected chi connectivity index (χ3v) is 4.29. The van der Waals surface area contributed by atoms with Gasteiger partial charge < -0.3 is 15.1 Å². The lowest BCUT2D eigenvalue weighted by molar-refractivity contribution is -0.138. The Balaban J connectivity index is 1.72. The fraction of sp³-hybridized carbons (Fsp3) is 0.421. The largest absolute Gasteiger partial charge is 0.352 e. The van der Waals surface area contributed by atoms with Crippen LogP contribution in [-0.4, -0.2) is 60.2 Å². The molecule has 1 saturated heterocycles. The summed E-state index contributed by atoms with van der Waals surface area (Å²) in [7, 11) is 0. The Bertz CT molecular complexity index is 647. The summed E-state index contributed by atoms with van der Waals surface area (Å²) in [4.78, 5) is 38.9. The number of benzene rings is 1. The highest BCUT2D eigenvalue weighted by Gasteiger charge is 2.21. The summed E-state index contributed by atoms with van der Waals surface area (Å²) in [6.07, 6.45) is 1.81. The maximum absolute atomic E-state index is 12.2. The first-order valence-corrected chi connectivity index (χ1v) is 8.52. The maximum Gasteiger partial charge on any atom is 0.244 e. The van der Waals surface area contributed by atoms with E-state index in [2.05, 4.69) is 5.32 Å². The predicted octanol–water partition coefficient (Wildman–Crippen LogP) is 1.29. The molecule has 0 spiro atoms. The van der Waals surface area contributed by atoms with Crippen molar-refractivity contribution in [3.05, 3.63) is 42.0 Å². The molecule has 2 rings (SSSR count). The smallest absolute Gasteiger partial charge is 0.244 e. The van der Waals surface area contributed by atoms with E-state index in [0.29, 0.717) is 32.7 Å². The molecule has 1 aromatic rings. The van der Waals surface area contributed by atoms with Crippen molar-refractivity contribution in [2.24, 2.45) is 0 Å². The molecule has 1 aliphatic heterocycles. The number of piperazine rings is 1. The molecule has 6 heteroatoms. The average molecular weight is 343 g/mol. The molecular weight excluding hydrogens is 318 g/mol. The summed E-state index contributed by atoms with van der Waals surface area (Å²) in [5, 5.41) is 2.75. The lowest BCUT2D eigenvalue weighted by atomic mass is 10.1. The van der Waals surface area contributed by atoms with E-state index in [1.807, 2.05) is 37.3 Å². The van der Waals surface area contributed by atoms with Crippen LogP contribution < -0.4 is 5.32 Å². The summed E-state index contributed by atoms with van der Waals surface area (Å²) in [5.74, 6) is -0.150. The predicted molar refractivity (Wildman–Crippen MR) is 96.6 cm³/mol. The van der Waals surface area contributed by atoms with Gasteiger partial charge in [-0.05, 0) is 18.1 Å². The molecule has 0 aromatic heterocycles. The van der Waals surface area contributed by atoms with Gasteiger partial charge in [0.25, 0.3) is 0 Å². The van der Waals surface area contributed by atoms with Gasteiger partial charge in [0, 0.05) is 52.1 Å². The Hall–Kier alpha value is -2.63. The van der Waals surface area contributed by atoms with E-state index in [4.69, 9.17) is 0 Å². The van der Waals surface area contributed by atoms with Crippen molar-refractivity contribution in [3.8, 4) is 0 Å². The molecule has 134 valence electrons. The third kappa shape index (κ3) is 5.74. The molecule has 0 unspecified atom stereocenters. The van der Waals surface area contributed by atoms with Crippen molar-refractivity contribution in [2.75, 3.05) is 32.7 Å². The van der Waals surface area contributed by atoms with Gasteiger partial charge >= 0.3 is 0 Å². The van der Waals surface area contributed by atoms with E-state index in [1.165, 1.54) is 6.92 Å². The number of hydrogen-bond acceptors (Lipinski definition) is 3. The van der Waals surface area contributed by atoms with Gasteiger partial charge in [0.1, 0.15) is 0 Å². The zero-order valence-electron chi connectivity index (χ0n) is 14.8. The Morgan fingerprint density at radius 2 is 1.60 bits per heavy atom. The first-order valence-electron chi connectivity index (χ1n) is 8.52. The molecule has 1 fully saturated rings. The number of allylic oxidation sites excluding steroid dienone is 1. The topological polar surface area (TPSA) is 69.7 Å². The van der Waals surface area contributed by atoms with Crippen LogP contribution in [0.5, 0.6) is 0 Å². The highest BCUT2D eigenvalue weighted by molar-refractivity contribution is 5.95. The van der Waals surface area contributed by atoms with E-state index in [9.17, 15) is 14.4 Å². The van der Waals surface area contributed by atoms with Gasteiger partial charge in [0.2, 0.25) is 17.7 Å². The molecule has 1 aliphatic rings. The van der Waals surface area contributed by atoms with Gasteiger partial charge in [-0.15, -0.1) is 0 Å². The normalized spacial score (nSPS) is 15.0. The van der Waals surface area contributed by atoms with Gasteiger partial charge in [-0.1, -0.05) is 30.3 Å². The van der Waals surface area contributed by atoms with Crippen LogP contribution in [-0.2, 0) is 14.4 Å². The van der Waals surface area contributed by atoms with Crippen molar-refractivity contribution >= 4 is 23.3 Å². The van der Waals surface area contributed by atoms with Crippen molar-refractivity contribution in [1.29, 1.82) is 0 Å². The number of nitrogens with zero attached hydrogens (tertiary/aromatic N) is 2. The number of carbonyl (C=O) groups is 3. The Morgan fingerprint density at radius 1 is 1.00 bits per heavy atom. The van der Waals surface area contributed by atoms with Crippen LogP contribution in [0, 0.1) is 0 Å². The van der Waals surface area contributed by atoms with Crippen molar-refractivity contribution in [3.63, 3.8) is 0 Å². The quantitative estimate of drug-likeness (QED) is 0.819. The van der Waals surface area contributed by atoms with Crippen LogP contribution in [0.25, 0.3) is 5.57 Å². The highest BCUT2D eigenvalue weighted by atomic mass is 16.2. The van der Waals surface area contributed by atoms with Gasteiger partial charge in [-0.2, -0.15) is 0 Å². The van der Waals surface area contributed by atoms with E-state index >= 15 is 0 Å². The lowest BCUT2D eigenvalue weighted by Gasteiger charge is -2.34. The van der Waals surface area contributed by atoms with Crippen LogP contribution in [0.15, 0.2) is 36.4 Å². The third-order valence-electron chi connectivity index (χ3n) is 4.29. The minimum Gasteiger partial charge on any atom is -0.352 e. The number of amides is 3. The van der Waals surface area contributed by atoms with Crippen LogP contribution in [0.2, 0.25) is 0 Å². The molecule has 1 N–H and O–H groups in total. The standard InChI is InChI=1S/C19H25N3O3/c1-15(17-6-4-3-5-7-17)14-18(24)20-9-8-19(25)22-12-10-21(11-13-22)16(2)23/h3-7,14H,8-13H2,1-2H3,(H,20,24)/b15-14+. The molecule has 0 saturated carbocycles. The molecule has 25 heavy (non-hydrogen) atoms. The monoisotopic (exact) mass is 343 g/mol. The molecule has 0 atom stereocenters. The average Bonchev–Trinajstić information content (AvgIpc) is 2.62. The van der Waals surface area contributed by atoms with E-state index in [0.717, 1.165) is 11.1 Å². The zero-order valence-corrected chi connectivity index (χ0v) is 14.8. The summed E-state index contributed by atoms with van der Waals surface area (Å²) in [5.41, 5.74) is 1.88. The molecular formula is C19H25N3O3. The van der Waals surface area contributed by atoms with E-state index in [1.54, 1.807) is 15.9 Å². The zero-order chi connectivity index (χ0) is 18.2. The van der Waals surface area contributed by atoms with Crippen molar-refractivity contribution in [1.82, 2.24) is 15.1 Å². The molecule has 6 nitrogen and oxygen atoms in total. The lowest BCUT2D eigenvalue weighted by Crippen LogP contribution is -2.50. The fourth-order valence-electron chi connectivity index (χ4n) is 2.75. The molecule has 0 aliphatic carbocycles. The first kappa shape index (κ1) is 18.7. The summed E-state index contributed by atoms with van der Waals surface area (Å²) >= 11 is 0. The Kier molecular flexibility index (Phi) is 6.74. The van der Waals surface area contributed by atoms with Crippen LogP contribution in [0.1, 0.15) is 25.8 Å². The van der Waals surface area contributed by atoms with Gasteiger partial charge in [-0.3, -0.25) is 14.4 Å². The second-order valence-electron chi connectivity index (χ2n) is 6.12. The SMILES string of the molecule is CC(=O)N1CCN(C(=O)CCNC(=O)/C=C(\C)c2ccccc2)CC1. The summed E-state index contributed by atoms with van der Waals surface area (Å²) < 4.78 is 0. The summed E-state index contributed by atoms with van der Waals surface area (Å²) in [6, 6.07) is 9.68. The molecule has 0 radical (unpaired) electrons. The van der Waals surface area contributed by atoms with Crippen LogP contribution in [0.4, 0.5) is 0 Å². The van der Waals surface area contributed by atoms with E-state index < -0.39 is 0 Å². The van der Waals surface area contributed by atoms with Crippen molar-refractivity contribution in [2.45, 2.75) is 20.3 Å². The summed E-state index contributed by atoms with van der Waals surface area (Å²) in [6.45, 7) is 5.99. The van der Waals surface area contributed by atoms with Crippen LogP contribution in [0.3, 0.4) is 0 Å². The highest BCUT2D eigenvalue weighted by Crippen LogP contribution is 2.12. The first-order chi connectivity index (χ1) is 12.0. The number of hydrogen-bond donors (Lipinski definition) is 1. The Labute approximate surface area is 148 Å². The Morgan fingerprint density at radius 3 is 2.20 bits per heavy atom. The van der Waals surface area contributed by atoms with Crippen molar-refractivity contribution < 1.29 is 14.4 Å². The molecule has 3 amide bonds. The van der Waals surface area contributed by atoms with Gasteiger partial charge in [-0.25, -0.2) is 0 Å². The number of carbonyl (C=O) groups excluding carboxylic acids is 3. The van der Waals surface area contributed by atoms with E-state index in [-0.39, 0.29) is 24.1 Å². The minimum absolute atomic E-state index is 0.00672. The van der Waals surface area contributed by atoms with Gasteiger partial charge in [0.05, 0.1) is 0 Å². The number of rotatable bonds is 5. The minimum atomic E-state index is -0.199. The molecule has 0 bridgehead atoms. The fourth-order valence-corrected chi connectivity index (χ4v) is 2.75. The molecule has 1 aromatic carbocycles. The number of nitrogens with one attached hydrogen (secondary N) is 1. The molecule has 1 heterocycles. The van der Waals surface area contributed by atoms with Crippen LogP contribution >= 0.6 is 0 Å². The maximum atomic E-state index is 12.2. The second kappa shape index (κ2) is 9.01. The van der Waals surface area contributed by atoms with Gasteiger partial charge in [0.15, 0.2) is 0 Å². The second-order valence-corrected chi connectivity index (χ2v) is 6.12.